The third kappa shape index (κ3) is 3.34. The maximum absolute atomic E-state index is 13.2. The topological polar surface area (TPSA) is 96.0 Å². The van der Waals surface area contributed by atoms with Crippen LogP contribution < -0.4 is 10.2 Å². The molecule has 0 bridgehead atoms. The zero-order valence-electron chi connectivity index (χ0n) is 17.3. The minimum atomic E-state index is -1.59. The number of hydrogen-bond acceptors (Lipinski definition) is 5. The first-order chi connectivity index (χ1) is 14.9. The molecule has 4 rings (SSSR count). The predicted octanol–water partition coefficient (Wildman–Crippen LogP) is 2.02. The molecule has 0 radical (unpaired) electrons. The minimum Gasteiger partial charge on any atom is -0.452 e. The first-order valence-electron chi connectivity index (χ1n) is 10.1. The number of nitrogens with zero attached hydrogens (tertiary/aromatic N) is 2. The van der Waals surface area contributed by atoms with Gasteiger partial charge in [-0.3, -0.25) is 19.3 Å². The van der Waals surface area contributed by atoms with Crippen molar-refractivity contribution in [1.29, 1.82) is 0 Å². The largest absolute Gasteiger partial charge is 0.452 e. The molecule has 2 aromatic carbocycles. The van der Waals surface area contributed by atoms with E-state index in [-0.39, 0.29) is 30.7 Å². The first-order valence-corrected chi connectivity index (χ1v) is 10.1. The molecule has 2 aromatic rings. The Bertz CT molecular complexity index is 1050. The van der Waals surface area contributed by atoms with E-state index < -0.39 is 24.1 Å². The van der Waals surface area contributed by atoms with Crippen molar-refractivity contribution < 1.29 is 23.9 Å². The summed E-state index contributed by atoms with van der Waals surface area (Å²) in [5.74, 6) is -1.92. The highest BCUT2D eigenvalue weighted by Gasteiger charge is 2.60. The lowest BCUT2D eigenvalue weighted by molar-refractivity contribution is -0.159. The van der Waals surface area contributed by atoms with E-state index in [1.54, 1.807) is 24.3 Å². The zero-order valence-corrected chi connectivity index (χ0v) is 17.3. The Labute approximate surface area is 179 Å². The van der Waals surface area contributed by atoms with Gasteiger partial charge in [-0.2, -0.15) is 0 Å². The Kier molecular flexibility index (Phi) is 5.22. The molecule has 1 saturated heterocycles. The van der Waals surface area contributed by atoms with E-state index in [2.05, 4.69) is 5.32 Å². The quantitative estimate of drug-likeness (QED) is 0.745. The maximum Gasteiger partial charge on any atom is 0.354 e. The standard InChI is InChI=1S/C23H23N3O5/c1-15(16-8-4-3-5-9-16)24-19(27)14-31-22(30)23-13-12-20(28)26(23)18-11-7-6-10-17(18)21(29)25(23)2/h3-11,15H,12-14H2,1-2H3,(H,24,27)/t15-,23+/m1/s1. The molecule has 2 heterocycles. The molecule has 2 aliphatic rings. The normalized spacial score (nSPS) is 20.7. The highest BCUT2D eigenvalue weighted by Crippen LogP contribution is 2.44. The molecule has 1 fully saturated rings. The number of anilines is 1. The Morgan fingerprint density at radius 3 is 2.52 bits per heavy atom. The molecular formula is C23H23N3O5. The van der Waals surface area contributed by atoms with Gasteiger partial charge in [0.1, 0.15) is 0 Å². The van der Waals surface area contributed by atoms with Gasteiger partial charge in [-0.05, 0) is 24.6 Å². The summed E-state index contributed by atoms with van der Waals surface area (Å²) in [7, 11) is 1.47. The van der Waals surface area contributed by atoms with E-state index in [9.17, 15) is 19.2 Å². The van der Waals surface area contributed by atoms with Crippen LogP contribution in [0.2, 0.25) is 0 Å². The van der Waals surface area contributed by atoms with Crippen LogP contribution in [-0.2, 0) is 19.1 Å². The van der Waals surface area contributed by atoms with Crippen molar-refractivity contribution in [2.24, 2.45) is 0 Å². The second-order valence-corrected chi connectivity index (χ2v) is 7.70. The van der Waals surface area contributed by atoms with Crippen LogP contribution in [0.25, 0.3) is 0 Å². The molecule has 1 N–H and O–H groups in total. The molecule has 0 spiro atoms. The van der Waals surface area contributed by atoms with E-state index >= 15 is 0 Å². The molecule has 31 heavy (non-hydrogen) atoms. The molecule has 8 nitrogen and oxygen atoms in total. The Morgan fingerprint density at radius 2 is 1.77 bits per heavy atom. The Hall–Kier alpha value is -3.68. The van der Waals surface area contributed by atoms with Crippen molar-refractivity contribution in [2.45, 2.75) is 31.5 Å². The summed E-state index contributed by atoms with van der Waals surface area (Å²) in [6.45, 7) is 1.32. The van der Waals surface area contributed by atoms with Gasteiger partial charge in [-0.15, -0.1) is 0 Å². The second kappa shape index (κ2) is 7.86. The summed E-state index contributed by atoms with van der Waals surface area (Å²) in [5.41, 5.74) is 0.0567. The Morgan fingerprint density at radius 1 is 1.10 bits per heavy atom. The zero-order chi connectivity index (χ0) is 22.2. The number of ether oxygens (including phenoxy) is 1. The summed E-state index contributed by atoms with van der Waals surface area (Å²) in [4.78, 5) is 53.7. The second-order valence-electron chi connectivity index (χ2n) is 7.70. The molecule has 0 aliphatic carbocycles. The van der Waals surface area contributed by atoms with Crippen LogP contribution in [-0.4, -0.2) is 47.9 Å². The van der Waals surface area contributed by atoms with Crippen molar-refractivity contribution in [3.05, 3.63) is 65.7 Å². The number of esters is 1. The van der Waals surface area contributed by atoms with Crippen molar-refractivity contribution >= 4 is 29.4 Å². The molecule has 8 heteroatoms. The lowest BCUT2D eigenvalue weighted by atomic mass is 9.97. The van der Waals surface area contributed by atoms with E-state index in [0.717, 1.165) is 5.56 Å². The van der Waals surface area contributed by atoms with Gasteiger partial charge in [-0.25, -0.2) is 4.79 Å². The van der Waals surface area contributed by atoms with Crippen molar-refractivity contribution in [1.82, 2.24) is 10.2 Å². The van der Waals surface area contributed by atoms with Crippen LogP contribution in [0.1, 0.15) is 41.7 Å². The van der Waals surface area contributed by atoms with E-state index in [0.29, 0.717) is 11.3 Å². The fourth-order valence-electron chi connectivity index (χ4n) is 4.25. The van der Waals surface area contributed by atoms with Crippen molar-refractivity contribution in [3.63, 3.8) is 0 Å². The van der Waals surface area contributed by atoms with Gasteiger partial charge >= 0.3 is 5.97 Å². The van der Waals surface area contributed by atoms with E-state index in [1.807, 2.05) is 37.3 Å². The number of nitrogens with one attached hydrogen (secondary N) is 1. The third-order valence-corrected chi connectivity index (χ3v) is 5.88. The summed E-state index contributed by atoms with van der Waals surface area (Å²) in [5, 5.41) is 2.78. The fraction of sp³-hybridized carbons (Fsp3) is 0.304. The molecule has 2 atom stereocenters. The van der Waals surface area contributed by atoms with Gasteiger partial charge in [0.15, 0.2) is 6.61 Å². The lowest BCUT2D eigenvalue weighted by Crippen LogP contribution is -2.67. The van der Waals surface area contributed by atoms with Crippen LogP contribution in [0.15, 0.2) is 54.6 Å². The number of rotatable bonds is 5. The molecule has 0 unspecified atom stereocenters. The molecule has 0 saturated carbocycles. The smallest absolute Gasteiger partial charge is 0.354 e. The number of carbonyl (C=O) groups excluding carboxylic acids is 4. The van der Waals surface area contributed by atoms with E-state index in [4.69, 9.17) is 4.74 Å². The predicted molar refractivity (Wildman–Crippen MR) is 112 cm³/mol. The Balaban J connectivity index is 1.51. The van der Waals surface area contributed by atoms with Gasteiger partial charge in [0.2, 0.25) is 11.6 Å². The van der Waals surface area contributed by atoms with Gasteiger partial charge < -0.3 is 15.0 Å². The van der Waals surface area contributed by atoms with E-state index in [1.165, 1.54) is 16.8 Å². The molecule has 160 valence electrons. The van der Waals surface area contributed by atoms with Crippen LogP contribution in [0, 0.1) is 0 Å². The maximum atomic E-state index is 13.2. The molecule has 2 aliphatic heterocycles. The summed E-state index contributed by atoms with van der Waals surface area (Å²) < 4.78 is 5.33. The molecule has 3 amide bonds. The van der Waals surface area contributed by atoms with Crippen LogP contribution in [0.5, 0.6) is 0 Å². The average Bonchev–Trinajstić information content (AvgIpc) is 3.15. The average molecular weight is 421 g/mol. The first kappa shape index (κ1) is 20.6. The van der Waals surface area contributed by atoms with Gasteiger partial charge in [0, 0.05) is 19.9 Å². The molecule has 0 aromatic heterocycles. The van der Waals surface area contributed by atoms with Gasteiger partial charge in [0.05, 0.1) is 17.3 Å². The summed E-state index contributed by atoms with van der Waals surface area (Å²) in [6.07, 6.45) is 0.196. The summed E-state index contributed by atoms with van der Waals surface area (Å²) in [6, 6.07) is 15.8. The third-order valence-electron chi connectivity index (χ3n) is 5.88. The summed E-state index contributed by atoms with van der Waals surface area (Å²) >= 11 is 0. The monoisotopic (exact) mass is 421 g/mol. The van der Waals surface area contributed by atoms with Crippen molar-refractivity contribution in [2.75, 3.05) is 18.6 Å². The number of hydrogen-bond donors (Lipinski definition) is 1. The van der Waals surface area contributed by atoms with Crippen LogP contribution in [0.3, 0.4) is 0 Å². The number of carbonyl (C=O) groups is 4. The number of para-hydroxylation sites is 1. The highest BCUT2D eigenvalue weighted by atomic mass is 16.5. The van der Waals surface area contributed by atoms with Crippen LogP contribution in [0.4, 0.5) is 5.69 Å². The highest BCUT2D eigenvalue weighted by molar-refractivity contribution is 6.15. The number of fused-ring (bicyclic) bond motifs is 3. The number of benzene rings is 2. The molecular weight excluding hydrogens is 398 g/mol. The van der Waals surface area contributed by atoms with Gasteiger partial charge in [-0.1, -0.05) is 42.5 Å². The number of amides is 3. The lowest BCUT2D eigenvalue weighted by Gasteiger charge is -2.46. The van der Waals surface area contributed by atoms with Crippen molar-refractivity contribution in [3.8, 4) is 0 Å². The fourth-order valence-corrected chi connectivity index (χ4v) is 4.25. The van der Waals surface area contributed by atoms with Crippen LogP contribution >= 0.6 is 0 Å². The SMILES string of the molecule is C[C@@H](NC(=O)COC(=O)[C@]12CCC(=O)N1c1ccccc1C(=O)N2C)c1ccccc1. The van der Waals surface area contributed by atoms with Gasteiger partial charge in [0.25, 0.3) is 11.8 Å². The minimum absolute atomic E-state index is 0.0955. The number of likely N-dealkylation sites (N-methyl/N-ethyl adjacent to an activating group) is 1.